The molecular formula is C25H50. The molecule has 0 spiro atoms. The maximum absolute atomic E-state index is 2.73. The van der Waals surface area contributed by atoms with Crippen molar-refractivity contribution in [1.82, 2.24) is 0 Å². The van der Waals surface area contributed by atoms with Crippen molar-refractivity contribution < 1.29 is 4.28 Å². The highest BCUT2D eigenvalue weighted by molar-refractivity contribution is 5.25. The van der Waals surface area contributed by atoms with Crippen LogP contribution in [0.1, 0.15) is 104 Å². The summed E-state index contributed by atoms with van der Waals surface area (Å²) < 4.78 is 0. The van der Waals surface area contributed by atoms with Crippen molar-refractivity contribution in [2.24, 2.45) is 46.3 Å². The maximum Gasteiger partial charge on any atom is 0 e. The lowest BCUT2D eigenvalue weighted by atomic mass is 9.46. The highest BCUT2D eigenvalue weighted by Gasteiger charge is 2.58. The molecule has 0 aromatic heterocycles. The molecule has 4 unspecified atom stereocenters. The molecule has 0 heteroatoms. The summed E-state index contributed by atoms with van der Waals surface area (Å²) in [5.74, 6) is 5.80. The fourth-order valence-electron chi connectivity index (χ4n) is 7.98. The van der Waals surface area contributed by atoms with E-state index >= 15 is 0 Å². The largest absolute Gasteiger partial charge is 0.0845 e. The van der Waals surface area contributed by atoms with Gasteiger partial charge in [-0.05, 0) is 97.7 Å². The standard InChI is InChI=1S/C23H38.C2H6.3H2/c1-15(2)19-8-9-20-18-7-6-17-14-16(3)10-12-22(17,4)21(18)11-13-23(19,20)5;1-2;;;/h6,15-16,18-21H,7-14H2,1-5H3;1-2H3;3*1H/t16?,18?,19-,20?,21?,22+,23-;;;;/m1..../s1. The second-order valence-electron chi connectivity index (χ2n) is 10.6. The zero-order valence-corrected chi connectivity index (χ0v) is 18.2. The summed E-state index contributed by atoms with van der Waals surface area (Å²) in [7, 11) is 0. The van der Waals surface area contributed by atoms with Gasteiger partial charge < -0.3 is 0 Å². The van der Waals surface area contributed by atoms with Crippen LogP contribution in [0.25, 0.3) is 0 Å². The number of fused-ring (bicyclic) bond motifs is 5. The molecule has 25 heavy (non-hydrogen) atoms. The lowest BCUT2D eigenvalue weighted by Crippen LogP contribution is -2.50. The molecule has 4 aliphatic rings. The summed E-state index contributed by atoms with van der Waals surface area (Å²) in [5.41, 5.74) is 3.07. The van der Waals surface area contributed by atoms with Crippen LogP contribution in [0.2, 0.25) is 0 Å². The zero-order chi connectivity index (χ0) is 18.4. The Bertz CT molecular complexity index is 514. The van der Waals surface area contributed by atoms with E-state index in [1.54, 1.807) is 0 Å². The molecule has 4 rings (SSSR count). The predicted octanol–water partition coefficient (Wildman–Crippen LogP) is 8.62. The van der Waals surface area contributed by atoms with Crippen LogP contribution in [0, 0.1) is 46.3 Å². The zero-order valence-electron chi connectivity index (χ0n) is 18.2. The van der Waals surface area contributed by atoms with Gasteiger partial charge in [-0.15, -0.1) is 0 Å². The van der Waals surface area contributed by atoms with E-state index in [2.05, 4.69) is 40.7 Å². The number of rotatable bonds is 1. The van der Waals surface area contributed by atoms with Crippen LogP contribution < -0.4 is 0 Å². The highest BCUT2D eigenvalue weighted by Crippen LogP contribution is 2.67. The van der Waals surface area contributed by atoms with Gasteiger partial charge in [0, 0.05) is 4.28 Å². The van der Waals surface area contributed by atoms with E-state index in [1.807, 2.05) is 19.4 Å². The van der Waals surface area contributed by atoms with Gasteiger partial charge in [0.15, 0.2) is 0 Å². The van der Waals surface area contributed by atoms with Crippen molar-refractivity contribution >= 4 is 0 Å². The highest BCUT2D eigenvalue weighted by atomic mass is 14.6. The molecule has 0 amide bonds. The first kappa shape index (κ1) is 19.5. The van der Waals surface area contributed by atoms with Crippen LogP contribution in [0.4, 0.5) is 0 Å². The molecule has 0 bridgehead atoms. The monoisotopic (exact) mass is 350 g/mol. The van der Waals surface area contributed by atoms with Gasteiger partial charge in [0.05, 0.1) is 0 Å². The third kappa shape index (κ3) is 2.94. The first-order valence-corrected chi connectivity index (χ1v) is 11.6. The average molecular weight is 351 g/mol. The fraction of sp³-hybridized carbons (Fsp3) is 0.920. The van der Waals surface area contributed by atoms with E-state index in [-0.39, 0.29) is 4.28 Å². The first-order chi connectivity index (χ1) is 11.9. The van der Waals surface area contributed by atoms with Crippen LogP contribution >= 0.6 is 0 Å². The Labute approximate surface area is 162 Å². The average Bonchev–Trinajstić information content (AvgIpc) is 2.95. The van der Waals surface area contributed by atoms with Crippen LogP contribution in [0.5, 0.6) is 0 Å². The molecule has 0 aromatic carbocycles. The minimum atomic E-state index is 0. The smallest absolute Gasteiger partial charge is 0 e. The van der Waals surface area contributed by atoms with Gasteiger partial charge in [0.25, 0.3) is 0 Å². The normalized spacial score (nSPS) is 48.6. The summed E-state index contributed by atoms with van der Waals surface area (Å²) in [4.78, 5) is 0. The Morgan fingerprint density at radius 1 is 1.00 bits per heavy atom. The molecule has 4 aliphatic carbocycles. The molecule has 3 fully saturated rings. The number of allylic oxidation sites excluding steroid dienone is 2. The van der Waals surface area contributed by atoms with Gasteiger partial charge in [-0.2, -0.15) is 0 Å². The fourth-order valence-corrected chi connectivity index (χ4v) is 7.98. The van der Waals surface area contributed by atoms with Gasteiger partial charge in [0.1, 0.15) is 0 Å². The SMILES string of the molecule is CC.CC1CC[C@@]2(C)C(=CCC3C2CC[C@@]2(C)C3CC[C@@H]2C(C)C)C1.[HH].[HH].[HH]. The quantitative estimate of drug-likeness (QED) is 0.415. The minimum absolute atomic E-state index is 0. The predicted molar refractivity (Wildman–Crippen MR) is 117 cm³/mol. The summed E-state index contributed by atoms with van der Waals surface area (Å²) in [6.07, 6.45) is 14.5. The molecule has 0 saturated heterocycles. The van der Waals surface area contributed by atoms with Crippen LogP contribution in [0.3, 0.4) is 0 Å². The third-order valence-corrected chi connectivity index (χ3v) is 9.23. The molecule has 0 nitrogen and oxygen atoms in total. The summed E-state index contributed by atoms with van der Waals surface area (Å²) in [5, 5.41) is 0. The number of hydrogen-bond donors (Lipinski definition) is 0. The van der Waals surface area contributed by atoms with Gasteiger partial charge in [0.2, 0.25) is 0 Å². The Balaban J connectivity index is 0.00000141. The maximum atomic E-state index is 2.73. The van der Waals surface area contributed by atoms with Gasteiger partial charge in [-0.1, -0.05) is 60.1 Å². The molecule has 3 saturated carbocycles. The van der Waals surface area contributed by atoms with E-state index in [0.717, 1.165) is 35.5 Å². The van der Waals surface area contributed by atoms with Crippen molar-refractivity contribution in [2.75, 3.05) is 0 Å². The van der Waals surface area contributed by atoms with Crippen LogP contribution in [0.15, 0.2) is 11.6 Å². The lowest BCUT2D eigenvalue weighted by molar-refractivity contribution is -0.0503. The Hall–Kier alpha value is -0.260. The van der Waals surface area contributed by atoms with Gasteiger partial charge in [-0.3, -0.25) is 0 Å². The minimum Gasteiger partial charge on any atom is -0.0845 e. The Morgan fingerprint density at radius 3 is 2.40 bits per heavy atom. The molecule has 0 aliphatic heterocycles. The molecule has 0 radical (unpaired) electrons. The summed E-state index contributed by atoms with van der Waals surface area (Å²) in [6, 6.07) is 0. The van der Waals surface area contributed by atoms with E-state index < -0.39 is 0 Å². The van der Waals surface area contributed by atoms with Crippen molar-refractivity contribution in [3.05, 3.63) is 11.6 Å². The Morgan fingerprint density at radius 2 is 1.72 bits per heavy atom. The summed E-state index contributed by atoms with van der Waals surface area (Å²) in [6.45, 7) is 16.8. The second kappa shape index (κ2) is 7.05. The molecule has 150 valence electrons. The van der Waals surface area contributed by atoms with Crippen molar-refractivity contribution in [1.29, 1.82) is 0 Å². The van der Waals surface area contributed by atoms with E-state index in [1.165, 1.54) is 51.4 Å². The van der Waals surface area contributed by atoms with Crippen molar-refractivity contribution in [3.63, 3.8) is 0 Å². The molecule has 0 heterocycles. The van der Waals surface area contributed by atoms with E-state index in [4.69, 9.17) is 0 Å². The Kier molecular flexibility index (Phi) is 5.50. The second-order valence-corrected chi connectivity index (χ2v) is 10.6. The van der Waals surface area contributed by atoms with Crippen LogP contribution in [-0.2, 0) is 0 Å². The van der Waals surface area contributed by atoms with Crippen molar-refractivity contribution in [2.45, 2.75) is 99.8 Å². The van der Waals surface area contributed by atoms with Crippen molar-refractivity contribution in [3.8, 4) is 0 Å². The topological polar surface area (TPSA) is 0 Å². The van der Waals surface area contributed by atoms with E-state index in [0.29, 0.717) is 10.8 Å². The molecular weight excluding hydrogens is 300 g/mol. The summed E-state index contributed by atoms with van der Waals surface area (Å²) >= 11 is 0. The number of hydrogen-bond acceptors (Lipinski definition) is 0. The third-order valence-electron chi connectivity index (χ3n) is 9.23. The molecule has 7 atom stereocenters. The first-order valence-electron chi connectivity index (χ1n) is 11.6. The van der Waals surface area contributed by atoms with Crippen LogP contribution in [-0.4, -0.2) is 0 Å². The van der Waals surface area contributed by atoms with E-state index in [9.17, 15) is 0 Å². The molecule has 0 N–H and O–H groups in total. The van der Waals surface area contributed by atoms with Gasteiger partial charge in [-0.25, -0.2) is 0 Å². The lowest BCUT2D eigenvalue weighted by Gasteiger charge is -2.58. The molecule has 0 aromatic rings. The van der Waals surface area contributed by atoms with Gasteiger partial charge >= 0.3 is 0 Å².